The number of amides is 1. The number of nitrogens with one attached hydrogen (secondary N) is 1. The van der Waals surface area contributed by atoms with Crippen LogP contribution in [0.2, 0.25) is 0 Å². The molecule has 1 saturated carbocycles. The molecule has 4 rings (SSSR count). The predicted molar refractivity (Wildman–Crippen MR) is 112 cm³/mol. The molecule has 0 radical (unpaired) electrons. The van der Waals surface area contributed by atoms with Crippen LogP contribution in [0.3, 0.4) is 0 Å². The lowest BCUT2D eigenvalue weighted by molar-refractivity contribution is -0.117. The van der Waals surface area contributed by atoms with E-state index in [1.165, 1.54) is 11.1 Å². The van der Waals surface area contributed by atoms with Crippen LogP contribution in [-0.4, -0.2) is 25.5 Å². The number of carbonyl (C=O) groups excluding carboxylic acids is 1. The summed E-state index contributed by atoms with van der Waals surface area (Å²) in [6.07, 6.45) is 6.95. The Morgan fingerprint density at radius 3 is 2.79 bits per heavy atom. The molecule has 0 atom stereocenters. The predicted octanol–water partition coefficient (Wildman–Crippen LogP) is 3.84. The number of anilines is 1. The number of fused-ring (bicyclic) bond motifs is 1. The first kappa shape index (κ1) is 18.9. The van der Waals surface area contributed by atoms with Crippen LogP contribution in [0, 0.1) is 0 Å². The molecule has 1 aliphatic rings. The molecule has 0 spiro atoms. The molecule has 0 bridgehead atoms. The number of benzene rings is 1. The zero-order chi connectivity index (χ0) is 19.8. The molecule has 8 heteroatoms. The number of hydrogen-bond donors (Lipinski definition) is 1. The summed E-state index contributed by atoms with van der Waals surface area (Å²) in [6.45, 7) is 3.90. The van der Waals surface area contributed by atoms with Gasteiger partial charge in [0, 0.05) is 16.1 Å². The van der Waals surface area contributed by atoms with E-state index in [1.807, 2.05) is 36.9 Å². The molecule has 1 aliphatic carbocycles. The lowest BCUT2D eigenvalue weighted by Crippen LogP contribution is -2.31. The largest absolute Gasteiger partial charge is 0.322 e. The van der Waals surface area contributed by atoms with Gasteiger partial charge in [0.15, 0.2) is 0 Å². The second kappa shape index (κ2) is 7.50. The maximum atomic E-state index is 12.8. The summed E-state index contributed by atoms with van der Waals surface area (Å²) in [5.41, 5.74) is 1.16. The first-order valence-corrected chi connectivity index (χ1v) is 10.3. The number of rotatable bonds is 5. The number of nitrogens with zero attached hydrogens (tertiary/aromatic N) is 4. The van der Waals surface area contributed by atoms with E-state index in [2.05, 4.69) is 31.4 Å². The van der Waals surface area contributed by atoms with E-state index in [-0.39, 0.29) is 23.9 Å². The van der Waals surface area contributed by atoms with Gasteiger partial charge in [0.1, 0.15) is 6.54 Å². The van der Waals surface area contributed by atoms with Crippen LogP contribution in [0.1, 0.15) is 50.8 Å². The van der Waals surface area contributed by atoms with Crippen LogP contribution >= 0.6 is 15.9 Å². The molecule has 7 nitrogen and oxygen atoms in total. The molecule has 1 aromatic carbocycles. The van der Waals surface area contributed by atoms with Crippen molar-refractivity contribution in [2.75, 3.05) is 5.32 Å². The minimum Gasteiger partial charge on any atom is -0.322 e. The highest BCUT2D eigenvalue weighted by Gasteiger charge is 2.20. The van der Waals surface area contributed by atoms with Gasteiger partial charge < -0.3 is 5.32 Å². The molecular formula is C20H22BrN5O2. The molecule has 1 fully saturated rings. The minimum atomic E-state index is -0.297. The van der Waals surface area contributed by atoms with Crippen molar-refractivity contribution in [1.82, 2.24) is 19.6 Å². The summed E-state index contributed by atoms with van der Waals surface area (Å²) in [7, 11) is 0. The number of halogens is 1. The van der Waals surface area contributed by atoms with Crippen molar-refractivity contribution in [3.8, 4) is 0 Å². The van der Waals surface area contributed by atoms with Gasteiger partial charge in [-0.2, -0.15) is 10.2 Å². The smallest absolute Gasteiger partial charge is 0.275 e. The van der Waals surface area contributed by atoms with Gasteiger partial charge in [-0.25, -0.2) is 4.68 Å². The second-order valence-corrected chi connectivity index (χ2v) is 8.45. The van der Waals surface area contributed by atoms with Gasteiger partial charge in [-0.1, -0.05) is 29.8 Å². The van der Waals surface area contributed by atoms with E-state index in [0.717, 1.165) is 28.4 Å². The average Bonchev–Trinajstić information content (AvgIpc) is 3.03. The Bertz CT molecular complexity index is 1100. The fourth-order valence-electron chi connectivity index (χ4n) is 3.41. The number of carbonyl (C=O) groups is 1. The molecule has 1 N–H and O–H groups in total. The highest BCUT2D eigenvalue weighted by atomic mass is 79.9. The van der Waals surface area contributed by atoms with Crippen molar-refractivity contribution in [3.05, 3.63) is 51.1 Å². The average molecular weight is 444 g/mol. The Morgan fingerprint density at radius 2 is 2.11 bits per heavy atom. The second-order valence-electron chi connectivity index (χ2n) is 7.53. The lowest BCUT2D eigenvalue weighted by atomic mass is 9.93. The number of aromatic nitrogens is 4. The summed E-state index contributed by atoms with van der Waals surface area (Å²) >= 11 is 3.45. The van der Waals surface area contributed by atoms with Crippen LogP contribution in [0.25, 0.3) is 10.8 Å². The minimum absolute atomic E-state index is 0.118. The molecule has 28 heavy (non-hydrogen) atoms. The fourth-order valence-corrected chi connectivity index (χ4v) is 3.77. The molecule has 146 valence electrons. The molecule has 1 amide bonds. The zero-order valence-electron chi connectivity index (χ0n) is 15.9. The summed E-state index contributed by atoms with van der Waals surface area (Å²) < 4.78 is 4.04. The molecular weight excluding hydrogens is 422 g/mol. The molecule has 2 aromatic heterocycles. The van der Waals surface area contributed by atoms with Crippen molar-refractivity contribution < 1.29 is 4.79 Å². The molecule has 3 aromatic rings. The van der Waals surface area contributed by atoms with Crippen LogP contribution < -0.4 is 10.9 Å². The van der Waals surface area contributed by atoms with Gasteiger partial charge in [0.2, 0.25) is 5.91 Å². The normalized spacial score (nSPS) is 14.4. The van der Waals surface area contributed by atoms with Crippen molar-refractivity contribution in [2.45, 2.75) is 51.6 Å². The van der Waals surface area contributed by atoms with Gasteiger partial charge >= 0.3 is 0 Å². The van der Waals surface area contributed by atoms with Crippen molar-refractivity contribution in [1.29, 1.82) is 0 Å². The highest BCUT2D eigenvalue weighted by molar-refractivity contribution is 9.10. The Kier molecular flexibility index (Phi) is 5.05. The molecule has 0 aliphatic heterocycles. The van der Waals surface area contributed by atoms with Gasteiger partial charge in [-0.3, -0.25) is 14.3 Å². The topological polar surface area (TPSA) is 81.8 Å². The van der Waals surface area contributed by atoms with Gasteiger partial charge in [0.25, 0.3) is 5.56 Å². The Hall–Kier alpha value is -2.48. The first-order chi connectivity index (χ1) is 13.4. The third kappa shape index (κ3) is 3.61. The van der Waals surface area contributed by atoms with Gasteiger partial charge in [-0.05, 0) is 43.4 Å². The highest BCUT2D eigenvalue weighted by Crippen LogP contribution is 2.31. The Morgan fingerprint density at radius 1 is 1.32 bits per heavy atom. The van der Waals surface area contributed by atoms with Gasteiger partial charge in [-0.15, -0.1) is 0 Å². The summed E-state index contributed by atoms with van der Waals surface area (Å²) in [6, 6.07) is 5.93. The maximum absolute atomic E-state index is 12.8. The molecule has 2 heterocycles. The molecule has 0 saturated heterocycles. The monoisotopic (exact) mass is 443 g/mol. The van der Waals surface area contributed by atoms with Crippen LogP contribution in [-0.2, 0) is 11.3 Å². The Labute approximate surface area is 170 Å². The molecule has 0 unspecified atom stereocenters. The third-order valence-electron chi connectivity index (χ3n) is 5.13. The van der Waals surface area contributed by atoms with E-state index < -0.39 is 0 Å². The maximum Gasteiger partial charge on any atom is 0.275 e. The SMILES string of the molecule is CC(C)c1nn(CC(=O)Nc2cnn(C3CCC3)c2)c(=O)c2ccc(Br)cc12. The van der Waals surface area contributed by atoms with Crippen molar-refractivity contribution >= 4 is 38.3 Å². The summed E-state index contributed by atoms with van der Waals surface area (Å²) in [4.78, 5) is 25.3. The lowest BCUT2D eigenvalue weighted by Gasteiger charge is -2.25. The summed E-state index contributed by atoms with van der Waals surface area (Å²) in [5.74, 6) is -0.179. The zero-order valence-corrected chi connectivity index (χ0v) is 17.4. The van der Waals surface area contributed by atoms with E-state index >= 15 is 0 Å². The quantitative estimate of drug-likeness (QED) is 0.649. The number of hydrogen-bond acceptors (Lipinski definition) is 4. The summed E-state index contributed by atoms with van der Waals surface area (Å²) in [5, 5.41) is 13.0. The fraction of sp³-hybridized carbons (Fsp3) is 0.400. The third-order valence-corrected chi connectivity index (χ3v) is 5.62. The first-order valence-electron chi connectivity index (χ1n) is 9.46. The van der Waals surface area contributed by atoms with Gasteiger partial charge in [0.05, 0.1) is 29.0 Å². The Balaban J connectivity index is 1.59. The van der Waals surface area contributed by atoms with E-state index in [1.54, 1.807) is 12.3 Å². The van der Waals surface area contributed by atoms with Crippen LogP contribution in [0.4, 0.5) is 5.69 Å². The van der Waals surface area contributed by atoms with E-state index in [4.69, 9.17) is 0 Å². The van der Waals surface area contributed by atoms with Crippen LogP contribution in [0.15, 0.2) is 39.9 Å². The van der Waals surface area contributed by atoms with Crippen molar-refractivity contribution in [3.63, 3.8) is 0 Å². The van der Waals surface area contributed by atoms with Crippen molar-refractivity contribution in [2.24, 2.45) is 0 Å². The standard InChI is InChI=1S/C20H22BrN5O2/c1-12(2)19-17-8-13(21)6-7-16(17)20(28)26(24-19)11-18(27)23-14-9-22-25(10-14)15-4-3-5-15/h6-10,12,15H,3-5,11H2,1-2H3,(H,23,27). The van der Waals surface area contributed by atoms with E-state index in [9.17, 15) is 9.59 Å². The van der Waals surface area contributed by atoms with Crippen LogP contribution in [0.5, 0.6) is 0 Å². The van der Waals surface area contributed by atoms with E-state index in [0.29, 0.717) is 17.1 Å².